The molecule has 0 unspecified atom stereocenters. The second-order valence-electron chi connectivity index (χ2n) is 5.99. The van der Waals surface area contributed by atoms with Crippen LogP contribution in [0.25, 0.3) is 11.0 Å². The Labute approximate surface area is 117 Å². The number of hydrogen-bond acceptors (Lipinski definition) is 3. The van der Waals surface area contributed by atoms with E-state index in [0.717, 1.165) is 23.9 Å². The molecule has 0 atom stereocenters. The van der Waals surface area contributed by atoms with Crippen molar-refractivity contribution < 1.29 is 9.90 Å². The van der Waals surface area contributed by atoms with Crippen LogP contribution < -0.4 is 5.73 Å². The van der Waals surface area contributed by atoms with E-state index in [2.05, 4.69) is 17.1 Å². The van der Waals surface area contributed by atoms with Crippen molar-refractivity contribution in [3.63, 3.8) is 0 Å². The summed E-state index contributed by atoms with van der Waals surface area (Å²) in [4.78, 5) is 15.8. The van der Waals surface area contributed by atoms with Gasteiger partial charge >= 0.3 is 5.97 Å². The number of rotatable bonds is 2. The zero-order valence-electron chi connectivity index (χ0n) is 11.8. The Morgan fingerprint density at radius 2 is 1.90 bits per heavy atom. The molecule has 1 aromatic carbocycles. The predicted octanol–water partition coefficient (Wildman–Crippen LogP) is 2.32. The van der Waals surface area contributed by atoms with Gasteiger partial charge in [0.05, 0.1) is 11.0 Å². The molecule has 2 aromatic rings. The first-order valence-corrected chi connectivity index (χ1v) is 6.95. The van der Waals surface area contributed by atoms with Gasteiger partial charge in [0.15, 0.2) is 0 Å². The number of carboxylic acid groups (broad SMARTS) is 1. The van der Waals surface area contributed by atoms with Crippen LogP contribution >= 0.6 is 0 Å². The van der Waals surface area contributed by atoms with Crippen LogP contribution in [0, 0.1) is 0 Å². The fourth-order valence-corrected chi connectivity index (χ4v) is 3.01. The summed E-state index contributed by atoms with van der Waals surface area (Å²) in [6, 6.07) is 4.13. The van der Waals surface area contributed by atoms with Crippen molar-refractivity contribution >= 4 is 23.0 Å². The first-order chi connectivity index (χ1) is 9.41. The summed E-state index contributed by atoms with van der Waals surface area (Å²) in [5.41, 5.74) is 9.08. The highest BCUT2D eigenvalue weighted by Crippen LogP contribution is 2.31. The number of fused-ring (bicyclic) bond motifs is 2. The third-order valence-electron chi connectivity index (χ3n) is 4.23. The lowest BCUT2D eigenvalue weighted by Crippen LogP contribution is -2.36. The molecule has 0 spiro atoms. The molecule has 1 aliphatic rings. The fraction of sp³-hybridized carbons (Fsp3) is 0.467. The van der Waals surface area contributed by atoms with Crippen LogP contribution in [0.4, 0.5) is 5.95 Å². The minimum Gasteiger partial charge on any atom is -0.480 e. The van der Waals surface area contributed by atoms with Gasteiger partial charge in [-0.15, -0.1) is 0 Å². The van der Waals surface area contributed by atoms with Gasteiger partial charge in [-0.05, 0) is 62.8 Å². The van der Waals surface area contributed by atoms with E-state index in [-0.39, 0.29) is 5.95 Å². The van der Waals surface area contributed by atoms with Gasteiger partial charge in [0.1, 0.15) is 5.54 Å². The summed E-state index contributed by atoms with van der Waals surface area (Å²) in [5, 5.41) is 9.43. The number of nitrogen functional groups attached to an aromatic ring is 1. The Bertz CT molecular complexity index is 701. The van der Waals surface area contributed by atoms with Crippen LogP contribution in [0.5, 0.6) is 0 Å². The Kier molecular flexibility index (Phi) is 2.74. The quantitative estimate of drug-likeness (QED) is 0.879. The highest BCUT2D eigenvalue weighted by atomic mass is 16.4. The molecule has 1 aliphatic carbocycles. The topological polar surface area (TPSA) is 81.1 Å². The van der Waals surface area contributed by atoms with Crippen LogP contribution in [-0.2, 0) is 23.2 Å². The molecule has 0 bridgehead atoms. The van der Waals surface area contributed by atoms with Gasteiger partial charge in [-0.2, -0.15) is 0 Å². The second-order valence-corrected chi connectivity index (χ2v) is 5.99. The SMILES string of the molecule is CC(C)(C(=O)O)n1c(N)nc2cc3c(cc21)CCCC3. The maximum Gasteiger partial charge on any atom is 0.329 e. The number of nitrogens with two attached hydrogens (primary N) is 1. The van der Waals surface area contributed by atoms with Crippen molar-refractivity contribution in [2.24, 2.45) is 0 Å². The number of aliphatic carboxylic acids is 1. The van der Waals surface area contributed by atoms with Gasteiger partial charge < -0.3 is 10.8 Å². The average Bonchev–Trinajstić information content (AvgIpc) is 2.71. The average molecular weight is 273 g/mol. The third-order valence-corrected chi connectivity index (χ3v) is 4.23. The number of aromatic nitrogens is 2. The molecular formula is C15H19N3O2. The number of anilines is 1. The summed E-state index contributed by atoms with van der Waals surface area (Å²) < 4.78 is 1.62. The Morgan fingerprint density at radius 1 is 1.30 bits per heavy atom. The largest absolute Gasteiger partial charge is 0.480 e. The number of hydrogen-bond donors (Lipinski definition) is 2. The predicted molar refractivity (Wildman–Crippen MR) is 77.7 cm³/mol. The third kappa shape index (κ3) is 1.77. The zero-order valence-corrected chi connectivity index (χ0v) is 11.8. The maximum absolute atomic E-state index is 11.5. The Balaban J connectivity index is 2.28. The van der Waals surface area contributed by atoms with Crippen molar-refractivity contribution in [1.82, 2.24) is 9.55 Å². The van der Waals surface area contributed by atoms with E-state index < -0.39 is 11.5 Å². The first kappa shape index (κ1) is 13.0. The molecule has 1 heterocycles. The van der Waals surface area contributed by atoms with E-state index in [4.69, 9.17) is 5.73 Å². The zero-order chi connectivity index (χ0) is 14.5. The van der Waals surface area contributed by atoms with E-state index in [9.17, 15) is 9.90 Å². The van der Waals surface area contributed by atoms with Crippen LogP contribution in [0.3, 0.4) is 0 Å². The van der Waals surface area contributed by atoms with E-state index >= 15 is 0 Å². The van der Waals surface area contributed by atoms with Crippen molar-refractivity contribution in [2.75, 3.05) is 5.73 Å². The molecule has 20 heavy (non-hydrogen) atoms. The number of carbonyl (C=O) groups is 1. The lowest BCUT2D eigenvalue weighted by molar-refractivity contribution is -0.145. The van der Waals surface area contributed by atoms with Crippen LogP contribution in [-0.4, -0.2) is 20.6 Å². The minimum atomic E-state index is -1.11. The van der Waals surface area contributed by atoms with E-state index in [0.29, 0.717) is 0 Å². The van der Waals surface area contributed by atoms with E-state index in [1.165, 1.54) is 24.0 Å². The molecule has 3 rings (SSSR count). The molecule has 0 amide bonds. The van der Waals surface area contributed by atoms with Crippen molar-refractivity contribution in [3.8, 4) is 0 Å². The van der Waals surface area contributed by atoms with Crippen molar-refractivity contribution in [1.29, 1.82) is 0 Å². The van der Waals surface area contributed by atoms with Gasteiger partial charge in [-0.25, -0.2) is 9.78 Å². The van der Waals surface area contributed by atoms with E-state index in [1.807, 2.05) is 0 Å². The molecule has 5 heteroatoms. The second kappa shape index (κ2) is 4.23. The summed E-state index contributed by atoms with van der Waals surface area (Å²) in [6.45, 7) is 3.29. The molecule has 0 radical (unpaired) electrons. The highest BCUT2D eigenvalue weighted by Gasteiger charge is 2.33. The molecule has 0 aliphatic heterocycles. The summed E-state index contributed by atoms with van der Waals surface area (Å²) in [7, 11) is 0. The molecule has 5 nitrogen and oxygen atoms in total. The number of aryl methyl sites for hydroxylation is 2. The van der Waals surface area contributed by atoms with Crippen LogP contribution in [0.1, 0.15) is 37.8 Å². The molecule has 1 aromatic heterocycles. The van der Waals surface area contributed by atoms with Crippen LogP contribution in [0.15, 0.2) is 12.1 Å². The molecule has 106 valence electrons. The first-order valence-electron chi connectivity index (χ1n) is 6.95. The molecule has 3 N–H and O–H groups in total. The Hall–Kier alpha value is -2.04. The molecule has 0 saturated heterocycles. The minimum absolute atomic E-state index is 0.259. The summed E-state index contributed by atoms with van der Waals surface area (Å²) in [6.07, 6.45) is 4.50. The molecular weight excluding hydrogens is 254 g/mol. The Morgan fingerprint density at radius 3 is 2.50 bits per heavy atom. The van der Waals surface area contributed by atoms with Crippen molar-refractivity contribution in [3.05, 3.63) is 23.3 Å². The van der Waals surface area contributed by atoms with Gasteiger partial charge in [-0.1, -0.05) is 0 Å². The summed E-state index contributed by atoms with van der Waals surface area (Å²) in [5.74, 6) is -0.657. The summed E-state index contributed by atoms with van der Waals surface area (Å²) >= 11 is 0. The monoisotopic (exact) mass is 273 g/mol. The van der Waals surface area contributed by atoms with Gasteiger partial charge in [0, 0.05) is 0 Å². The van der Waals surface area contributed by atoms with Gasteiger partial charge in [0.25, 0.3) is 0 Å². The van der Waals surface area contributed by atoms with E-state index in [1.54, 1.807) is 18.4 Å². The number of nitrogens with zero attached hydrogens (tertiary/aromatic N) is 2. The number of imidazole rings is 1. The highest BCUT2D eigenvalue weighted by molar-refractivity contribution is 5.85. The lowest BCUT2D eigenvalue weighted by Gasteiger charge is -2.24. The van der Waals surface area contributed by atoms with Crippen molar-refractivity contribution in [2.45, 2.75) is 45.1 Å². The number of benzene rings is 1. The smallest absolute Gasteiger partial charge is 0.329 e. The van der Waals surface area contributed by atoms with Gasteiger partial charge in [-0.3, -0.25) is 4.57 Å². The normalized spacial score (nSPS) is 15.3. The maximum atomic E-state index is 11.5. The number of carboxylic acids is 1. The molecule has 0 fully saturated rings. The van der Waals surface area contributed by atoms with Crippen LogP contribution in [0.2, 0.25) is 0 Å². The molecule has 0 saturated carbocycles. The fourth-order valence-electron chi connectivity index (χ4n) is 3.01. The lowest BCUT2D eigenvalue weighted by atomic mass is 9.91. The standard InChI is InChI=1S/C15H19N3O2/c1-15(2,13(19)20)18-12-8-10-6-4-3-5-9(10)7-11(12)17-14(18)16/h7-8H,3-6H2,1-2H3,(H2,16,17)(H,19,20). The van der Waals surface area contributed by atoms with Gasteiger partial charge in [0.2, 0.25) is 5.95 Å².